The van der Waals surface area contributed by atoms with Gasteiger partial charge in [0.1, 0.15) is 5.82 Å². The molecule has 11 heavy (non-hydrogen) atoms. The van der Waals surface area contributed by atoms with Gasteiger partial charge in [-0.1, -0.05) is 0 Å². The van der Waals surface area contributed by atoms with Crippen LogP contribution in [-0.4, -0.2) is 26.5 Å². The molecule has 0 aliphatic carbocycles. The quantitative estimate of drug-likeness (QED) is 0.599. The van der Waals surface area contributed by atoms with Crippen LogP contribution >= 0.6 is 0 Å². The molecule has 2 N–H and O–H groups in total. The summed E-state index contributed by atoms with van der Waals surface area (Å²) in [5.74, 6) is 0.541. The fraction of sp³-hybridized carbons (Fsp3) is 0.667. The lowest BCUT2D eigenvalue weighted by Gasteiger charge is -1.88. The molecule has 5 heteroatoms. The molecule has 0 unspecified atom stereocenters. The van der Waals surface area contributed by atoms with Crippen LogP contribution in [-0.2, 0) is 13.0 Å². The van der Waals surface area contributed by atoms with Crippen LogP contribution in [0, 0.1) is 0 Å². The number of aromatic nitrogens is 3. The molecule has 1 aromatic heterocycles. The van der Waals surface area contributed by atoms with Gasteiger partial charge in [0, 0.05) is 13.0 Å². The summed E-state index contributed by atoms with van der Waals surface area (Å²) in [6.07, 6.45) is 0.405. The predicted molar refractivity (Wildman–Crippen MR) is 39.3 cm³/mol. The first-order chi connectivity index (χ1) is 5.27. The predicted octanol–water partition coefficient (Wildman–Crippen LogP) is -0.874. The van der Waals surface area contributed by atoms with Crippen LogP contribution < -0.4 is 5.69 Å². The van der Waals surface area contributed by atoms with Crippen molar-refractivity contribution < 1.29 is 5.11 Å². The minimum absolute atomic E-state index is 0.0106. The molecule has 0 aromatic carbocycles. The molecule has 0 saturated carbocycles. The van der Waals surface area contributed by atoms with Crippen molar-refractivity contribution in [2.45, 2.75) is 19.9 Å². The maximum atomic E-state index is 10.9. The molecule has 0 fully saturated rings. The highest BCUT2D eigenvalue weighted by Crippen LogP contribution is 1.85. The van der Waals surface area contributed by atoms with Crippen molar-refractivity contribution in [3.05, 3.63) is 16.3 Å². The summed E-state index contributed by atoms with van der Waals surface area (Å²) in [6, 6.07) is 0. The standard InChI is InChI=1S/C6H11N3O2/c1-2-9-6(11)7-5(8-9)3-4-10/h10H,2-4H2,1H3,(H,7,8,11). The van der Waals surface area contributed by atoms with Crippen LogP contribution in [0.4, 0.5) is 0 Å². The van der Waals surface area contributed by atoms with Gasteiger partial charge < -0.3 is 5.11 Å². The average Bonchev–Trinajstić information content (AvgIpc) is 2.32. The number of hydrogen-bond donors (Lipinski definition) is 2. The van der Waals surface area contributed by atoms with E-state index in [2.05, 4.69) is 10.1 Å². The van der Waals surface area contributed by atoms with Crippen molar-refractivity contribution in [2.75, 3.05) is 6.61 Å². The van der Waals surface area contributed by atoms with Crippen LogP contribution in [0.3, 0.4) is 0 Å². The van der Waals surface area contributed by atoms with E-state index in [1.807, 2.05) is 6.92 Å². The van der Waals surface area contributed by atoms with Crippen molar-refractivity contribution in [1.29, 1.82) is 0 Å². The second-order valence-corrected chi connectivity index (χ2v) is 2.17. The summed E-state index contributed by atoms with van der Waals surface area (Å²) >= 11 is 0. The number of H-pyrrole nitrogens is 1. The minimum Gasteiger partial charge on any atom is -0.396 e. The monoisotopic (exact) mass is 157 g/mol. The summed E-state index contributed by atoms with van der Waals surface area (Å²) in [4.78, 5) is 13.4. The Kier molecular flexibility index (Phi) is 2.43. The van der Waals surface area contributed by atoms with Gasteiger partial charge in [-0.2, -0.15) is 5.10 Å². The Morgan fingerprint density at radius 1 is 1.73 bits per heavy atom. The summed E-state index contributed by atoms with van der Waals surface area (Å²) in [5.41, 5.74) is -0.212. The van der Waals surface area contributed by atoms with Crippen molar-refractivity contribution in [3.8, 4) is 0 Å². The third-order valence-electron chi connectivity index (χ3n) is 1.38. The van der Waals surface area contributed by atoms with E-state index in [4.69, 9.17) is 5.11 Å². The normalized spacial score (nSPS) is 10.4. The molecule has 0 atom stereocenters. The second-order valence-electron chi connectivity index (χ2n) is 2.17. The number of aliphatic hydroxyl groups is 1. The number of nitrogens with zero attached hydrogens (tertiary/aromatic N) is 2. The molecule has 0 radical (unpaired) electrons. The minimum atomic E-state index is -0.212. The molecular formula is C6H11N3O2. The van der Waals surface area contributed by atoms with Gasteiger partial charge in [0.05, 0.1) is 6.61 Å². The first-order valence-electron chi connectivity index (χ1n) is 3.54. The smallest absolute Gasteiger partial charge is 0.343 e. The summed E-state index contributed by atoms with van der Waals surface area (Å²) in [6.45, 7) is 2.41. The second kappa shape index (κ2) is 3.34. The van der Waals surface area contributed by atoms with Gasteiger partial charge in [-0.05, 0) is 6.92 Å². The van der Waals surface area contributed by atoms with Gasteiger partial charge in [-0.15, -0.1) is 0 Å². The molecule has 0 aliphatic rings. The topological polar surface area (TPSA) is 70.9 Å². The molecule has 0 bridgehead atoms. The average molecular weight is 157 g/mol. The van der Waals surface area contributed by atoms with Crippen LogP contribution in [0.2, 0.25) is 0 Å². The van der Waals surface area contributed by atoms with Gasteiger partial charge in [0.15, 0.2) is 0 Å². The first-order valence-corrected chi connectivity index (χ1v) is 3.54. The van der Waals surface area contributed by atoms with E-state index < -0.39 is 0 Å². The Bertz CT molecular complexity index is 276. The number of rotatable bonds is 3. The Morgan fingerprint density at radius 3 is 2.91 bits per heavy atom. The highest BCUT2D eigenvalue weighted by atomic mass is 16.3. The van der Waals surface area contributed by atoms with E-state index in [9.17, 15) is 4.79 Å². The highest BCUT2D eigenvalue weighted by Gasteiger charge is 2.00. The van der Waals surface area contributed by atoms with Gasteiger partial charge in [-0.25, -0.2) is 9.48 Å². The van der Waals surface area contributed by atoms with Crippen molar-refractivity contribution in [2.24, 2.45) is 0 Å². The van der Waals surface area contributed by atoms with Crippen molar-refractivity contribution >= 4 is 0 Å². The Morgan fingerprint density at radius 2 is 2.45 bits per heavy atom. The van der Waals surface area contributed by atoms with Gasteiger partial charge in [-0.3, -0.25) is 4.98 Å². The zero-order chi connectivity index (χ0) is 8.27. The van der Waals surface area contributed by atoms with E-state index in [1.165, 1.54) is 4.68 Å². The first kappa shape index (κ1) is 8.00. The summed E-state index contributed by atoms with van der Waals surface area (Å²) < 4.78 is 1.32. The lowest BCUT2D eigenvalue weighted by Crippen LogP contribution is -2.16. The largest absolute Gasteiger partial charge is 0.396 e. The number of aliphatic hydroxyl groups excluding tert-OH is 1. The van der Waals surface area contributed by atoms with Crippen LogP contribution in [0.25, 0.3) is 0 Å². The highest BCUT2D eigenvalue weighted by molar-refractivity contribution is 4.81. The molecule has 5 nitrogen and oxygen atoms in total. The maximum absolute atomic E-state index is 10.9. The molecule has 0 saturated heterocycles. The van der Waals surface area contributed by atoms with E-state index >= 15 is 0 Å². The van der Waals surface area contributed by atoms with Crippen LogP contribution in [0.1, 0.15) is 12.7 Å². The summed E-state index contributed by atoms with van der Waals surface area (Å²) in [5, 5.41) is 12.4. The fourth-order valence-electron chi connectivity index (χ4n) is 0.837. The van der Waals surface area contributed by atoms with E-state index in [0.29, 0.717) is 18.8 Å². The van der Waals surface area contributed by atoms with E-state index in [-0.39, 0.29) is 12.3 Å². The van der Waals surface area contributed by atoms with Gasteiger partial charge >= 0.3 is 5.69 Å². The van der Waals surface area contributed by atoms with Gasteiger partial charge in [0.2, 0.25) is 0 Å². The zero-order valence-corrected chi connectivity index (χ0v) is 6.37. The van der Waals surface area contributed by atoms with Crippen molar-refractivity contribution in [3.63, 3.8) is 0 Å². The molecule has 1 aromatic rings. The number of aromatic amines is 1. The Labute approximate surface area is 63.7 Å². The molecule has 1 heterocycles. The van der Waals surface area contributed by atoms with Crippen LogP contribution in [0.5, 0.6) is 0 Å². The fourth-order valence-corrected chi connectivity index (χ4v) is 0.837. The number of hydrogen-bond acceptors (Lipinski definition) is 3. The van der Waals surface area contributed by atoms with Crippen molar-refractivity contribution in [1.82, 2.24) is 14.8 Å². The Hall–Kier alpha value is -1.10. The lowest BCUT2D eigenvalue weighted by atomic mass is 10.4. The SMILES string of the molecule is CCn1nc(CCO)[nH]c1=O. The third-order valence-corrected chi connectivity index (χ3v) is 1.38. The molecular weight excluding hydrogens is 146 g/mol. The molecule has 62 valence electrons. The number of aryl methyl sites for hydroxylation is 1. The zero-order valence-electron chi connectivity index (χ0n) is 6.37. The molecule has 0 aliphatic heterocycles. The Balaban J connectivity index is 2.86. The van der Waals surface area contributed by atoms with Gasteiger partial charge in [0.25, 0.3) is 0 Å². The molecule has 0 amide bonds. The molecule has 0 spiro atoms. The molecule has 1 rings (SSSR count). The van der Waals surface area contributed by atoms with E-state index in [0.717, 1.165) is 0 Å². The number of nitrogens with one attached hydrogen (secondary N) is 1. The van der Waals surface area contributed by atoms with E-state index in [1.54, 1.807) is 0 Å². The summed E-state index contributed by atoms with van der Waals surface area (Å²) in [7, 11) is 0. The van der Waals surface area contributed by atoms with Crippen LogP contribution in [0.15, 0.2) is 4.79 Å². The maximum Gasteiger partial charge on any atom is 0.343 e. The lowest BCUT2D eigenvalue weighted by molar-refractivity contribution is 0.296. The third kappa shape index (κ3) is 1.68.